The highest BCUT2D eigenvalue weighted by molar-refractivity contribution is 8.26. The third-order valence-corrected chi connectivity index (χ3v) is 5.68. The number of benzene rings is 1. The molecule has 2 N–H and O–H groups in total. The molecule has 0 radical (unpaired) electrons. The van der Waals surface area contributed by atoms with Crippen LogP contribution in [0.15, 0.2) is 39.7 Å². The van der Waals surface area contributed by atoms with Gasteiger partial charge in [0.05, 0.1) is 21.8 Å². The first kappa shape index (κ1) is 22.5. The largest absolute Gasteiger partial charge is 0.481 e. The van der Waals surface area contributed by atoms with Crippen molar-refractivity contribution in [2.45, 2.75) is 12.5 Å². The van der Waals surface area contributed by atoms with Crippen LogP contribution in [-0.4, -0.2) is 48.2 Å². The van der Waals surface area contributed by atoms with Gasteiger partial charge in [-0.05, 0) is 24.3 Å². The van der Waals surface area contributed by atoms with Gasteiger partial charge in [-0.25, -0.2) is 4.79 Å². The van der Waals surface area contributed by atoms with Crippen LogP contribution in [0.2, 0.25) is 5.02 Å². The zero-order valence-corrected chi connectivity index (χ0v) is 17.6. The quantitative estimate of drug-likeness (QED) is 0.259. The van der Waals surface area contributed by atoms with E-state index in [0.717, 1.165) is 16.7 Å². The highest BCUT2D eigenvalue weighted by Gasteiger charge is 2.41. The van der Waals surface area contributed by atoms with Crippen molar-refractivity contribution in [2.75, 3.05) is 0 Å². The normalized spacial score (nSPS) is 16.0. The van der Waals surface area contributed by atoms with E-state index in [1.807, 2.05) is 0 Å². The van der Waals surface area contributed by atoms with Gasteiger partial charge in [0, 0.05) is 17.2 Å². The summed E-state index contributed by atoms with van der Waals surface area (Å²) < 4.78 is 5.49. The molecule has 0 spiro atoms. The monoisotopic (exact) mass is 482 g/mol. The molecule has 31 heavy (non-hydrogen) atoms. The number of hydrogen-bond donors (Lipinski definition) is 2. The van der Waals surface area contributed by atoms with Gasteiger partial charge in [0.25, 0.3) is 11.6 Å². The van der Waals surface area contributed by atoms with Gasteiger partial charge in [0.15, 0.2) is 0 Å². The first-order valence-corrected chi connectivity index (χ1v) is 9.94. The number of hydrogen-bond acceptors (Lipinski definition) is 8. The number of nitrogens with zero attached hydrogens (tertiary/aromatic N) is 2. The van der Waals surface area contributed by atoms with E-state index in [1.165, 1.54) is 36.4 Å². The maximum Gasteiger partial charge on any atom is 0.327 e. The van der Waals surface area contributed by atoms with Gasteiger partial charge in [-0.2, -0.15) is 0 Å². The Balaban J connectivity index is 1.91. The number of thioether (sulfide) groups is 1. The number of carboxylic acid groups (broad SMARTS) is 2. The lowest BCUT2D eigenvalue weighted by molar-refractivity contribution is -0.384. The number of carboxylic acids is 2. The fourth-order valence-electron chi connectivity index (χ4n) is 2.77. The molecule has 3 rings (SSSR count). The lowest BCUT2D eigenvalue weighted by Gasteiger charge is -2.21. The number of carbonyl (C=O) groups is 3. The maximum absolute atomic E-state index is 12.7. The van der Waals surface area contributed by atoms with Crippen LogP contribution in [-0.2, 0) is 14.4 Å². The second kappa shape index (κ2) is 8.88. The minimum atomic E-state index is -1.65. The molecule has 1 aromatic carbocycles. The van der Waals surface area contributed by atoms with Gasteiger partial charge in [0.2, 0.25) is 0 Å². The number of nitro groups is 1. The summed E-state index contributed by atoms with van der Waals surface area (Å²) in [5.41, 5.74) is -0.0910. The Morgan fingerprint density at radius 2 is 2.03 bits per heavy atom. The van der Waals surface area contributed by atoms with Crippen LogP contribution in [0, 0.1) is 10.1 Å². The molecule has 0 saturated carbocycles. The van der Waals surface area contributed by atoms with Gasteiger partial charge in [-0.1, -0.05) is 35.6 Å². The highest BCUT2D eigenvalue weighted by atomic mass is 35.5. The Bertz CT molecular complexity index is 1160. The SMILES string of the molecule is O=C(O)C[C@H](C(=O)O)N1C(=O)/C(=C\c2ccc(-c3ccc(Cl)cc3[N+](=O)[O-])o2)SC1=S. The third-order valence-electron chi connectivity index (χ3n) is 4.11. The molecular formula is C18H11ClN2O8S2. The average Bonchev–Trinajstić information content (AvgIpc) is 3.24. The molecular weight excluding hydrogens is 472 g/mol. The molecule has 0 aliphatic carbocycles. The predicted octanol–water partition coefficient (Wildman–Crippen LogP) is 3.64. The van der Waals surface area contributed by atoms with Crippen molar-refractivity contribution in [3.05, 3.63) is 56.1 Å². The molecule has 0 unspecified atom stereocenters. The van der Waals surface area contributed by atoms with Gasteiger partial charge < -0.3 is 14.6 Å². The van der Waals surface area contributed by atoms with E-state index in [9.17, 15) is 29.6 Å². The molecule has 1 amide bonds. The lowest BCUT2D eigenvalue weighted by Crippen LogP contribution is -2.45. The van der Waals surface area contributed by atoms with E-state index in [-0.39, 0.29) is 37.0 Å². The molecule has 0 bridgehead atoms. The maximum atomic E-state index is 12.7. The Morgan fingerprint density at radius 1 is 1.32 bits per heavy atom. The summed E-state index contributed by atoms with van der Waals surface area (Å²) in [5.74, 6) is -3.37. The van der Waals surface area contributed by atoms with Crippen LogP contribution < -0.4 is 0 Å². The van der Waals surface area contributed by atoms with Gasteiger partial charge >= 0.3 is 11.9 Å². The smallest absolute Gasteiger partial charge is 0.327 e. The molecule has 13 heteroatoms. The molecule has 1 aliphatic rings. The van der Waals surface area contributed by atoms with E-state index >= 15 is 0 Å². The minimum absolute atomic E-state index is 0.0214. The van der Waals surface area contributed by atoms with Crippen molar-refractivity contribution < 1.29 is 33.9 Å². The molecule has 160 valence electrons. The molecule has 1 aromatic heterocycles. The van der Waals surface area contributed by atoms with Crippen LogP contribution >= 0.6 is 35.6 Å². The van der Waals surface area contributed by atoms with Crippen LogP contribution in [0.3, 0.4) is 0 Å². The number of halogens is 1. The molecule has 2 heterocycles. The molecule has 1 aliphatic heterocycles. The number of carbonyl (C=O) groups excluding carboxylic acids is 1. The van der Waals surface area contributed by atoms with E-state index in [2.05, 4.69) is 0 Å². The lowest BCUT2D eigenvalue weighted by atomic mass is 10.1. The first-order chi connectivity index (χ1) is 14.6. The van der Waals surface area contributed by atoms with Crippen molar-refractivity contribution in [3.63, 3.8) is 0 Å². The number of rotatable bonds is 7. The summed E-state index contributed by atoms with van der Waals surface area (Å²) in [6, 6.07) is 5.34. The van der Waals surface area contributed by atoms with Gasteiger partial charge in [-0.3, -0.25) is 24.6 Å². The minimum Gasteiger partial charge on any atom is -0.481 e. The summed E-state index contributed by atoms with van der Waals surface area (Å²) in [5, 5.41) is 29.7. The van der Waals surface area contributed by atoms with Crippen molar-refractivity contribution in [3.8, 4) is 11.3 Å². The Morgan fingerprint density at radius 3 is 2.65 bits per heavy atom. The van der Waals surface area contributed by atoms with E-state index < -0.39 is 35.2 Å². The van der Waals surface area contributed by atoms with Crippen molar-refractivity contribution in [2.24, 2.45) is 0 Å². The number of furan rings is 1. The second-order valence-corrected chi connectivity index (χ2v) is 8.24. The van der Waals surface area contributed by atoms with Crippen LogP contribution in [0.1, 0.15) is 12.2 Å². The molecule has 1 atom stereocenters. The Labute approximate surface area is 188 Å². The summed E-state index contributed by atoms with van der Waals surface area (Å²) >= 11 is 11.7. The molecule has 1 saturated heterocycles. The number of aliphatic carboxylic acids is 2. The zero-order valence-electron chi connectivity index (χ0n) is 15.2. The Hall–Kier alpha value is -3.22. The number of amides is 1. The van der Waals surface area contributed by atoms with Crippen molar-refractivity contribution in [1.82, 2.24) is 4.90 Å². The second-order valence-electron chi connectivity index (χ2n) is 6.12. The molecule has 10 nitrogen and oxygen atoms in total. The van der Waals surface area contributed by atoms with Crippen molar-refractivity contribution >= 4 is 69.5 Å². The number of thiocarbonyl (C=S) groups is 1. The van der Waals surface area contributed by atoms with Gasteiger partial charge in [0.1, 0.15) is 21.9 Å². The first-order valence-electron chi connectivity index (χ1n) is 8.34. The van der Waals surface area contributed by atoms with E-state index in [0.29, 0.717) is 0 Å². The summed E-state index contributed by atoms with van der Waals surface area (Å²) in [6.45, 7) is 0. The topological polar surface area (TPSA) is 151 Å². The van der Waals surface area contributed by atoms with Crippen LogP contribution in [0.5, 0.6) is 0 Å². The summed E-state index contributed by atoms with van der Waals surface area (Å²) in [4.78, 5) is 46.5. The average molecular weight is 483 g/mol. The van der Waals surface area contributed by atoms with E-state index in [1.54, 1.807) is 0 Å². The summed E-state index contributed by atoms with van der Waals surface area (Å²) in [7, 11) is 0. The summed E-state index contributed by atoms with van der Waals surface area (Å²) in [6.07, 6.45) is 0.477. The van der Waals surface area contributed by atoms with Crippen LogP contribution in [0.25, 0.3) is 17.4 Å². The van der Waals surface area contributed by atoms with Gasteiger partial charge in [-0.15, -0.1) is 0 Å². The fourth-order valence-corrected chi connectivity index (χ4v) is 4.27. The van der Waals surface area contributed by atoms with Crippen molar-refractivity contribution in [1.29, 1.82) is 0 Å². The third kappa shape index (κ3) is 4.76. The standard InChI is InChI=1S/C18H11ClN2O8S2/c19-8-1-3-10(11(5-8)21(27)28)13-4-2-9(29-13)6-14-16(24)20(18(30)31-14)12(17(25)26)7-15(22)23/h1-6,12H,7H2,(H,22,23)(H,25,26)/b14-6+/t12-/m1/s1. The molecule has 2 aromatic rings. The molecule has 1 fully saturated rings. The zero-order chi connectivity index (χ0) is 22.9. The van der Waals surface area contributed by atoms with E-state index in [4.69, 9.17) is 33.3 Å². The number of nitro benzene ring substituents is 1. The highest BCUT2D eigenvalue weighted by Crippen LogP contribution is 2.37. The fraction of sp³-hybridized carbons (Fsp3) is 0.111. The predicted molar refractivity (Wildman–Crippen MR) is 114 cm³/mol. The van der Waals surface area contributed by atoms with Crippen LogP contribution in [0.4, 0.5) is 5.69 Å². The Kier molecular flexibility index (Phi) is 6.43.